The summed E-state index contributed by atoms with van der Waals surface area (Å²) in [7, 11) is -3.82. The fourth-order valence-corrected chi connectivity index (χ4v) is 2.68. The van der Waals surface area contributed by atoms with Crippen molar-refractivity contribution in [2.75, 3.05) is 26.2 Å². The molecule has 0 radical (unpaired) electrons. The van der Waals surface area contributed by atoms with Crippen molar-refractivity contribution in [2.45, 2.75) is 20.3 Å². The summed E-state index contributed by atoms with van der Waals surface area (Å²) in [6.45, 7) is 5.92. The molecule has 0 bridgehead atoms. The summed E-state index contributed by atoms with van der Waals surface area (Å²) in [6, 6.07) is 0. The fourth-order valence-electron chi connectivity index (χ4n) is 1.89. The first-order chi connectivity index (χ1) is 8.44. The molecule has 106 valence electrons. The molecule has 8 heteroatoms. The van der Waals surface area contributed by atoms with Gasteiger partial charge in [-0.05, 0) is 38.3 Å². The Bertz CT molecular complexity index is 371. The first-order valence-corrected chi connectivity index (χ1v) is 7.57. The van der Waals surface area contributed by atoms with E-state index in [2.05, 4.69) is 21.7 Å². The maximum Gasteiger partial charge on any atom is 0.421 e. The van der Waals surface area contributed by atoms with Crippen molar-refractivity contribution < 1.29 is 17.9 Å². The molecule has 1 aliphatic heterocycles. The van der Waals surface area contributed by atoms with Crippen LogP contribution in [0.15, 0.2) is 0 Å². The number of carbonyl (C=O) groups is 1. The second kappa shape index (κ2) is 6.91. The Morgan fingerprint density at radius 1 is 1.50 bits per heavy atom. The fraction of sp³-hybridized carbons (Fsp3) is 0.900. The van der Waals surface area contributed by atoms with E-state index in [1.807, 2.05) is 0 Å². The molecule has 1 saturated heterocycles. The first kappa shape index (κ1) is 15.2. The Balaban J connectivity index is 2.38. The zero-order chi connectivity index (χ0) is 13.6. The van der Waals surface area contributed by atoms with Crippen molar-refractivity contribution in [1.82, 2.24) is 14.8 Å². The molecule has 2 unspecified atom stereocenters. The Labute approximate surface area is 108 Å². The van der Waals surface area contributed by atoms with Crippen LogP contribution in [-0.2, 0) is 14.9 Å². The summed E-state index contributed by atoms with van der Waals surface area (Å²) in [5.41, 5.74) is 0. The molecule has 1 heterocycles. The lowest BCUT2D eigenvalue weighted by molar-refractivity contribution is 0.158. The maximum absolute atomic E-state index is 11.5. The van der Waals surface area contributed by atoms with Gasteiger partial charge in [0, 0.05) is 6.54 Å². The molecule has 18 heavy (non-hydrogen) atoms. The first-order valence-electron chi connectivity index (χ1n) is 6.09. The normalized spacial score (nSPS) is 24.6. The molecule has 0 aromatic heterocycles. The average molecular weight is 279 g/mol. The molecule has 0 saturated carbocycles. The van der Waals surface area contributed by atoms with Crippen LogP contribution in [0.3, 0.4) is 0 Å². The minimum absolute atomic E-state index is 0.132. The third-order valence-electron chi connectivity index (χ3n) is 2.99. The van der Waals surface area contributed by atoms with Gasteiger partial charge in [0.25, 0.3) is 0 Å². The summed E-state index contributed by atoms with van der Waals surface area (Å²) in [5.74, 6) is 0.689. The second-order valence-electron chi connectivity index (χ2n) is 4.40. The largest absolute Gasteiger partial charge is 0.449 e. The van der Waals surface area contributed by atoms with Crippen molar-refractivity contribution in [3.8, 4) is 0 Å². The van der Waals surface area contributed by atoms with Crippen LogP contribution < -0.4 is 14.8 Å². The Hall–Kier alpha value is -0.860. The van der Waals surface area contributed by atoms with E-state index in [1.165, 1.54) is 0 Å². The number of hydrogen-bond donors (Lipinski definition) is 3. The van der Waals surface area contributed by atoms with Crippen LogP contribution in [0.1, 0.15) is 20.3 Å². The third kappa shape index (κ3) is 5.19. The third-order valence-corrected chi connectivity index (χ3v) is 3.97. The van der Waals surface area contributed by atoms with Crippen LogP contribution in [0.4, 0.5) is 4.79 Å². The maximum atomic E-state index is 11.5. The van der Waals surface area contributed by atoms with Crippen molar-refractivity contribution in [3.05, 3.63) is 0 Å². The van der Waals surface area contributed by atoms with Gasteiger partial charge in [0.05, 0.1) is 6.61 Å². The molecule has 0 aromatic rings. The van der Waals surface area contributed by atoms with Crippen molar-refractivity contribution >= 4 is 16.3 Å². The molecule has 7 nitrogen and oxygen atoms in total. The lowest BCUT2D eigenvalue weighted by Gasteiger charge is -2.29. The van der Waals surface area contributed by atoms with Gasteiger partial charge < -0.3 is 10.1 Å². The molecule has 2 atom stereocenters. The Morgan fingerprint density at radius 2 is 2.22 bits per heavy atom. The van der Waals surface area contributed by atoms with Gasteiger partial charge in [-0.15, -0.1) is 0 Å². The molecule has 1 amide bonds. The topological polar surface area (TPSA) is 96.5 Å². The molecular formula is C10H21N3O4S. The van der Waals surface area contributed by atoms with Gasteiger partial charge in [-0.2, -0.15) is 13.1 Å². The number of carbonyl (C=O) groups excluding carboxylic acids is 1. The molecular weight excluding hydrogens is 258 g/mol. The lowest BCUT2D eigenvalue weighted by atomic mass is 9.88. The van der Waals surface area contributed by atoms with Crippen molar-refractivity contribution in [1.29, 1.82) is 0 Å². The number of hydrogen-bond acceptors (Lipinski definition) is 5. The molecule has 0 spiro atoms. The summed E-state index contributed by atoms with van der Waals surface area (Å²) < 4.78 is 31.7. The van der Waals surface area contributed by atoms with Crippen LogP contribution in [-0.4, -0.2) is 40.8 Å². The SMILES string of the molecule is CCOC(=O)NS(=O)(=O)NCC1CCNCC1C. The molecule has 0 aromatic carbocycles. The highest BCUT2D eigenvalue weighted by atomic mass is 32.2. The van der Waals surface area contributed by atoms with Gasteiger partial charge in [-0.3, -0.25) is 0 Å². The second-order valence-corrected chi connectivity index (χ2v) is 5.90. The van der Waals surface area contributed by atoms with E-state index in [-0.39, 0.29) is 12.5 Å². The van der Waals surface area contributed by atoms with Gasteiger partial charge in [0.15, 0.2) is 0 Å². The van der Waals surface area contributed by atoms with Gasteiger partial charge in [0.1, 0.15) is 0 Å². The summed E-state index contributed by atoms with van der Waals surface area (Å²) in [6.07, 6.45) is -0.0355. The van der Waals surface area contributed by atoms with Crippen LogP contribution in [0, 0.1) is 11.8 Å². The van der Waals surface area contributed by atoms with E-state index in [9.17, 15) is 13.2 Å². The highest BCUT2D eigenvalue weighted by molar-refractivity contribution is 7.88. The number of nitrogens with one attached hydrogen (secondary N) is 3. The molecule has 1 rings (SSSR count). The van der Waals surface area contributed by atoms with E-state index in [1.54, 1.807) is 11.6 Å². The van der Waals surface area contributed by atoms with Gasteiger partial charge in [-0.1, -0.05) is 6.92 Å². The van der Waals surface area contributed by atoms with E-state index < -0.39 is 16.3 Å². The molecule has 1 fully saturated rings. The smallest absolute Gasteiger partial charge is 0.421 e. The quantitative estimate of drug-likeness (QED) is 0.648. The monoisotopic (exact) mass is 279 g/mol. The summed E-state index contributed by atoms with van der Waals surface area (Å²) >= 11 is 0. The van der Waals surface area contributed by atoms with Crippen LogP contribution in [0.2, 0.25) is 0 Å². The van der Waals surface area contributed by atoms with Crippen LogP contribution in [0.25, 0.3) is 0 Å². The van der Waals surface area contributed by atoms with E-state index in [0.29, 0.717) is 12.5 Å². The Morgan fingerprint density at radius 3 is 2.83 bits per heavy atom. The minimum Gasteiger partial charge on any atom is -0.449 e. The summed E-state index contributed by atoms with van der Waals surface area (Å²) in [4.78, 5) is 11.0. The zero-order valence-electron chi connectivity index (χ0n) is 10.7. The highest BCUT2D eigenvalue weighted by Crippen LogP contribution is 2.17. The van der Waals surface area contributed by atoms with Gasteiger partial charge >= 0.3 is 16.3 Å². The highest BCUT2D eigenvalue weighted by Gasteiger charge is 2.23. The molecule has 3 N–H and O–H groups in total. The summed E-state index contributed by atoms with van der Waals surface area (Å²) in [5, 5.41) is 3.24. The van der Waals surface area contributed by atoms with Crippen LogP contribution in [0.5, 0.6) is 0 Å². The van der Waals surface area contributed by atoms with Crippen LogP contribution >= 0.6 is 0 Å². The average Bonchev–Trinajstić information content (AvgIpc) is 2.27. The minimum atomic E-state index is -3.82. The number of piperidine rings is 1. The number of ether oxygens (including phenoxy) is 1. The predicted octanol–water partition coefficient (Wildman–Crippen LogP) is -0.187. The molecule has 0 aliphatic carbocycles. The predicted molar refractivity (Wildman–Crippen MR) is 67.2 cm³/mol. The van der Waals surface area contributed by atoms with Gasteiger partial charge in [-0.25, -0.2) is 9.52 Å². The zero-order valence-corrected chi connectivity index (χ0v) is 11.5. The number of amides is 1. The van der Waals surface area contributed by atoms with Crippen molar-refractivity contribution in [3.63, 3.8) is 0 Å². The number of rotatable bonds is 5. The van der Waals surface area contributed by atoms with E-state index >= 15 is 0 Å². The Kier molecular flexibility index (Phi) is 5.83. The van der Waals surface area contributed by atoms with E-state index in [0.717, 1.165) is 19.5 Å². The van der Waals surface area contributed by atoms with E-state index in [4.69, 9.17) is 0 Å². The molecule has 1 aliphatic rings. The van der Waals surface area contributed by atoms with Gasteiger partial charge in [0.2, 0.25) is 0 Å². The van der Waals surface area contributed by atoms with Crippen molar-refractivity contribution in [2.24, 2.45) is 11.8 Å². The lowest BCUT2D eigenvalue weighted by Crippen LogP contribution is -2.45. The standard InChI is InChI=1S/C10H21N3O4S/c1-3-17-10(14)13-18(15,16)12-7-9-4-5-11-6-8(9)2/h8-9,11-12H,3-7H2,1-2H3,(H,13,14).